The second-order valence-electron chi connectivity index (χ2n) is 9.31. The van der Waals surface area contributed by atoms with E-state index in [4.69, 9.17) is 0 Å². The van der Waals surface area contributed by atoms with E-state index in [0.29, 0.717) is 10.8 Å². The fourth-order valence-corrected chi connectivity index (χ4v) is 7.03. The minimum Gasteiger partial charge on any atom is -0.388 e. The van der Waals surface area contributed by atoms with Crippen molar-refractivity contribution < 1.29 is 5.11 Å². The van der Waals surface area contributed by atoms with Gasteiger partial charge in [0.2, 0.25) is 0 Å². The average Bonchev–Trinajstić information content (AvgIpc) is 2.33. The van der Waals surface area contributed by atoms with E-state index in [-0.39, 0.29) is 11.5 Å². The summed E-state index contributed by atoms with van der Waals surface area (Å²) in [7, 11) is 0. The molecular formula is C20H28O. The molecule has 0 aromatic heterocycles. The third-order valence-electron chi connectivity index (χ3n) is 6.61. The fourth-order valence-electron chi connectivity index (χ4n) is 7.03. The summed E-state index contributed by atoms with van der Waals surface area (Å²) in [5.41, 5.74) is 3.48. The lowest BCUT2D eigenvalue weighted by molar-refractivity contribution is -0.187. The summed E-state index contributed by atoms with van der Waals surface area (Å²) in [4.78, 5) is 0. The van der Waals surface area contributed by atoms with E-state index in [9.17, 15) is 5.11 Å². The van der Waals surface area contributed by atoms with Crippen molar-refractivity contribution in [2.75, 3.05) is 0 Å². The summed E-state index contributed by atoms with van der Waals surface area (Å²) in [6.07, 6.45) is 7.57. The summed E-state index contributed by atoms with van der Waals surface area (Å²) >= 11 is 0. The maximum absolute atomic E-state index is 11.2. The van der Waals surface area contributed by atoms with E-state index in [1.165, 1.54) is 44.1 Å². The Labute approximate surface area is 128 Å². The molecule has 0 aliphatic heterocycles. The molecule has 4 bridgehead atoms. The molecule has 1 nitrogen and oxygen atoms in total. The summed E-state index contributed by atoms with van der Waals surface area (Å²) in [6, 6.07) is 8.53. The fraction of sp³-hybridized carbons (Fsp3) is 0.700. The van der Waals surface area contributed by atoms with Crippen molar-refractivity contribution in [2.24, 2.45) is 22.2 Å². The van der Waals surface area contributed by atoms with Crippen LogP contribution in [0.25, 0.3) is 0 Å². The van der Waals surface area contributed by atoms with Crippen LogP contribution in [0.15, 0.2) is 24.3 Å². The first-order valence-electron chi connectivity index (χ1n) is 8.56. The van der Waals surface area contributed by atoms with Crippen molar-refractivity contribution in [3.05, 3.63) is 35.4 Å². The monoisotopic (exact) mass is 284 g/mol. The molecule has 0 spiro atoms. The first kappa shape index (κ1) is 13.8. The third kappa shape index (κ3) is 2.08. The van der Waals surface area contributed by atoms with E-state index >= 15 is 0 Å². The number of hydrogen-bond acceptors (Lipinski definition) is 1. The Morgan fingerprint density at radius 2 is 1.71 bits per heavy atom. The topological polar surface area (TPSA) is 20.2 Å². The van der Waals surface area contributed by atoms with Gasteiger partial charge < -0.3 is 5.11 Å². The SMILES string of the molecule is Cc1cccc(C(O)C23CC4CC(C)(CC(C)(C4)C2)C3)c1. The summed E-state index contributed by atoms with van der Waals surface area (Å²) < 4.78 is 0. The Bertz CT molecular complexity index is 557. The zero-order valence-electron chi connectivity index (χ0n) is 13.7. The molecule has 3 unspecified atom stereocenters. The molecule has 1 aromatic rings. The van der Waals surface area contributed by atoms with Crippen LogP contribution < -0.4 is 0 Å². The molecule has 3 atom stereocenters. The van der Waals surface area contributed by atoms with E-state index in [0.717, 1.165) is 11.5 Å². The zero-order valence-corrected chi connectivity index (χ0v) is 13.7. The van der Waals surface area contributed by atoms with Gasteiger partial charge in [-0.15, -0.1) is 0 Å². The van der Waals surface area contributed by atoms with Crippen LogP contribution >= 0.6 is 0 Å². The number of aliphatic hydroxyl groups excluding tert-OH is 1. The van der Waals surface area contributed by atoms with E-state index in [1.54, 1.807) is 0 Å². The van der Waals surface area contributed by atoms with Crippen LogP contribution in [0.1, 0.15) is 69.6 Å². The molecule has 114 valence electrons. The molecule has 4 aliphatic carbocycles. The highest BCUT2D eigenvalue weighted by molar-refractivity contribution is 5.27. The van der Waals surface area contributed by atoms with E-state index < -0.39 is 0 Å². The highest BCUT2D eigenvalue weighted by Crippen LogP contribution is 2.72. The van der Waals surface area contributed by atoms with Crippen molar-refractivity contribution in [1.29, 1.82) is 0 Å². The van der Waals surface area contributed by atoms with Crippen molar-refractivity contribution in [3.63, 3.8) is 0 Å². The lowest BCUT2D eigenvalue weighted by Crippen LogP contribution is -2.56. The molecule has 5 rings (SSSR count). The Hall–Kier alpha value is -0.820. The first-order valence-corrected chi connectivity index (χ1v) is 8.56. The molecule has 1 aromatic carbocycles. The van der Waals surface area contributed by atoms with Gasteiger partial charge in [-0.05, 0) is 67.8 Å². The first-order chi connectivity index (χ1) is 9.82. The van der Waals surface area contributed by atoms with Crippen LogP contribution in [0, 0.1) is 29.1 Å². The van der Waals surface area contributed by atoms with Crippen molar-refractivity contribution in [3.8, 4) is 0 Å². The van der Waals surface area contributed by atoms with Gasteiger partial charge in [-0.2, -0.15) is 0 Å². The van der Waals surface area contributed by atoms with Crippen LogP contribution in [0.2, 0.25) is 0 Å². The predicted octanol–water partition coefficient (Wildman–Crippen LogP) is 5.03. The van der Waals surface area contributed by atoms with Gasteiger partial charge in [0.15, 0.2) is 0 Å². The Morgan fingerprint density at radius 3 is 2.29 bits per heavy atom. The third-order valence-corrected chi connectivity index (χ3v) is 6.61. The quantitative estimate of drug-likeness (QED) is 0.808. The van der Waals surface area contributed by atoms with Gasteiger partial charge >= 0.3 is 0 Å². The van der Waals surface area contributed by atoms with Crippen LogP contribution in [0.3, 0.4) is 0 Å². The Morgan fingerprint density at radius 1 is 1.05 bits per heavy atom. The molecular weight excluding hydrogens is 256 g/mol. The van der Waals surface area contributed by atoms with Gasteiger partial charge in [0.05, 0.1) is 6.10 Å². The number of benzene rings is 1. The van der Waals surface area contributed by atoms with Gasteiger partial charge in [0.1, 0.15) is 0 Å². The maximum Gasteiger partial charge on any atom is 0.0846 e. The molecule has 4 saturated carbocycles. The van der Waals surface area contributed by atoms with E-state index in [1.807, 2.05) is 0 Å². The number of aliphatic hydroxyl groups is 1. The van der Waals surface area contributed by atoms with Crippen molar-refractivity contribution >= 4 is 0 Å². The molecule has 4 aliphatic rings. The second kappa shape index (κ2) is 4.13. The largest absolute Gasteiger partial charge is 0.388 e. The van der Waals surface area contributed by atoms with Crippen molar-refractivity contribution in [1.82, 2.24) is 0 Å². The van der Waals surface area contributed by atoms with Crippen LogP contribution in [0.4, 0.5) is 0 Å². The maximum atomic E-state index is 11.2. The van der Waals surface area contributed by atoms with E-state index in [2.05, 4.69) is 45.0 Å². The van der Waals surface area contributed by atoms with Gasteiger partial charge in [-0.3, -0.25) is 0 Å². The van der Waals surface area contributed by atoms with Crippen LogP contribution in [-0.2, 0) is 0 Å². The molecule has 1 heteroatoms. The van der Waals surface area contributed by atoms with Crippen LogP contribution in [-0.4, -0.2) is 5.11 Å². The Kier molecular flexibility index (Phi) is 2.72. The molecule has 0 amide bonds. The summed E-state index contributed by atoms with van der Waals surface area (Å²) in [5, 5.41) is 11.2. The molecule has 0 heterocycles. The highest BCUT2D eigenvalue weighted by Gasteiger charge is 2.62. The number of aryl methyl sites for hydroxylation is 1. The molecule has 1 N–H and O–H groups in total. The Balaban J connectivity index is 1.74. The molecule has 21 heavy (non-hydrogen) atoms. The number of rotatable bonds is 2. The standard InChI is InChI=1S/C20H28O/c1-14-5-4-6-16(7-14)17(21)20-10-15-8-18(2,12-20)11-19(3,9-15)13-20/h4-7,15,17,21H,8-13H2,1-3H3. The summed E-state index contributed by atoms with van der Waals surface area (Å²) in [6.45, 7) is 7.08. The summed E-state index contributed by atoms with van der Waals surface area (Å²) in [5.74, 6) is 0.843. The smallest absolute Gasteiger partial charge is 0.0846 e. The predicted molar refractivity (Wildman–Crippen MR) is 86.0 cm³/mol. The molecule has 0 radical (unpaired) electrons. The second-order valence-corrected chi connectivity index (χ2v) is 9.31. The minimum atomic E-state index is -0.278. The number of hydrogen-bond donors (Lipinski definition) is 1. The van der Waals surface area contributed by atoms with Crippen LogP contribution in [0.5, 0.6) is 0 Å². The van der Waals surface area contributed by atoms with Gasteiger partial charge in [0, 0.05) is 5.41 Å². The zero-order chi connectivity index (χ0) is 14.9. The van der Waals surface area contributed by atoms with Gasteiger partial charge in [-0.1, -0.05) is 43.7 Å². The highest BCUT2D eigenvalue weighted by atomic mass is 16.3. The molecule has 4 fully saturated rings. The lowest BCUT2D eigenvalue weighted by Gasteiger charge is -2.66. The van der Waals surface area contributed by atoms with Gasteiger partial charge in [0.25, 0.3) is 0 Å². The average molecular weight is 284 g/mol. The van der Waals surface area contributed by atoms with Gasteiger partial charge in [-0.25, -0.2) is 0 Å². The lowest BCUT2D eigenvalue weighted by atomic mass is 9.39. The molecule has 0 saturated heterocycles. The van der Waals surface area contributed by atoms with Crippen molar-refractivity contribution in [2.45, 2.75) is 65.4 Å². The minimum absolute atomic E-state index is 0.136. The normalized spacial score (nSPS) is 45.8.